The molecule has 2 N–H and O–H groups in total. The van der Waals surface area contributed by atoms with Crippen molar-refractivity contribution in [2.45, 2.75) is 31.0 Å². The first-order chi connectivity index (χ1) is 17.7. The molecule has 0 aromatic heterocycles. The van der Waals surface area contributed by atoms with E-state index in [-0.39, 0.29) is 25.5 Å². The van der Waals surface area contributed by atoms with Gasteiger partial charge in [0.25, 0.3) is 5.91 Å². The van der Waals surface area contributed by atoms with Crippen LogP contribution in [0, 0.1) is 5.41 Å². The molecule has 9 heteroatoms. The minimum absolute atomic E-state index is 0.0411. The second-order valence-electron chi connectivity index (χ2n) is 9.63. The molecule has 1 aliphatic carbocycles. The number of aliphatic carboxylic acids is 1. The van der Waals surface area contributed by atoms with Crippen molar-refractivity contribution in [1.82, 2.24) is 4.90 Å². The van der Waals surface area contributed by atoms with Crippen LogP contribution in [0.2, 0.25) is 10.0 Å². The van der Waals surface area contributed by atoms with Gasteiger partial charge < -0.3 is 14.9 Å². The van der Waals surface area contributed by atoms with Crippen molar-refractivity contribution in [3.63, 3.8) is 0 Å². The van der Waals surface area contributed by atoms with Crippen LogP contribution in [-0.2, 0) is 15.3 Å². The van der Waals surface area contributed by atoms with Crippen molar-refractivity contribution in [3.8, 4) is 0 Å². The predicted molar refractivity (Wildman–Crippen MR) is 144 cm³/mol. The van der Waals surface area contributed by atoms with Crippen LogP contribution in [0.25, 0.3) is 0 Å². The number of nitrogens with zero attached hydrogens (tertiary/aromatic N) is 1. The van der Waals surface area contributed by atoms with Gasteiger partial charge in [-0.1, -0.05) is 69.5 Å². The molecule has 6 nitrogen and oxygen atoms in total. The summed E-state index contributed by atoms with van der Waals surface area (Å²) in [6.07, 6.45) is 1.25. The number of halogens is 3. The first-order valence-corrected chi connectivity index (χ1v) is 13.4. The molecule has 2 atom stereocenters. The summed E-state index contributed by atoms with van der Waals surface area (Å²) in [4.78, 5) is 27.9. The summed E-state index contributed by atoms with van der Waals surface area (Å²) >= 11 is 15.8. The summed E-state index contributed by atoms with van der Waals surface area (Å²) in [5.41, 5.74) is 0.391. The van der Waals surface area contributed by atoms with Crippen molar-refractivity contribution >= 4 is 51.0 Å². The maximum Gasteiger partial charge on any atom is 0.305 e. The van der Waals surface area contributed by atoms with Crippen LogP contribution in [0.1, 0.15) is 52.4 Å². The summed E-state index contributed by atoms with van der Waals surface area (Å²) in [6.45, 7) is 0.145. The van der Waals surface area contributed by atoms with E-state index in [9.17, 15) is 19.8 Å². The Bertz CT molecular complexity index is 1340. The summed E-state index contributed by atoms with van der Waals surface area (Å²) in [5.74, 6) is -1.43. The summed E-state index contributed by atoms with van der Waals surface area (Å²) in [6, 6.07) is 18.3. The molecule has 192 valence electrons. The number of amides is 1. The van der Waals surface area contributed by atoms with E-state index >= 15 is 0 Å². The number of aliphatic hydroxyl groups excluding tert-OH is 1. The fourth-order valence-electron chi connectivity index (χ4n) is 4.94. The molecule has 1 saturated carbocycles. The molecule has 2 aliphatic rings. The largest absolute Gasteiger partial charge is 0.481 e. The Hall–Kier alpha value is -2.42. The first kappa shape index (κ1) is 26.2. The second kappa shape index (κ2) is 10.0. The number of rotatable bonds is 9. The molecule has 1 aliphatic heterocycles. The molecule has 37 heavy (non-hydrogen) atoms. The maximum atomic E-state index is 14.2. The van der Waals surface area contributed by atoms with Crippen LogP contribution in [0.3, 0.4) is 0 Å². The molecule has 1 fully saturated rings. The molecule has 0 bridgehead atoms. The molecule has 1 amide bonds. The maximum absolute atomic E-state index is 14.2. The Morgan fingerprint density at radius 1 is 1.03 bits per heavy atom. The zero-order valence-electron chi connectivity index (χ0n) is 19.7. The standard InChI is InChI=1S/C28H24BrCl2NO5/c29-19-5-10-23-22(13-19)26(36)32(24(14-25(34)35)17-1-6-20(30)7-2-17)28(23,18-3-8-21(31)9-4-18)37-16-27(15-33)11-12-27/h1-10,13,24,33H,11-12,14-16H2,(H,34,35). The fourth-order valence-corrected chi connectivity index (χ4v) is 5.56. The molecular formula is C28H24BrCl2NO5. The number of hydrogen-bond donors (Lipinski definition) is 2. The highest BCUT2D eigenvalue weighted by Crippen LogP contribution is 2.53. The zero-order chi connectivity index (χ0) is 26.4. The van der Waals surface area contributed by atoms with Gasteiger partial charge in [0, 0.05) is 36.6 Å². The van der Waals surface area contributed by atoms with Gasteiger partial charge in [0.15, 0.2) is 5.72 Å². The van der Waals surface area contributed by atoms with Crippen molar-refractivity contribution in [3.05, 3.63) is 104 Å². The van der Waals surface area contributed by atoms with Crippen molar-refractivity contribution in [2.75, 3.05) is 13.2 Å². The number of hydrogen-bond acceptors (Lipinski definition) is 4. The molecule has 2 unspecified atom stereocenters. The number of carboxylic acids is 1. The Balaban J connectivity index is 1.76. The van der Waals surface area contributed by atoms with Gasteiger partial charge in [-0.2, -0.15) is 0 Å². The SMILES string of the molecule is O=C(O)CC(c1ccc(Cl)cc1)N1C(=O)c2cc(Br)ccc2C1(OCC1(CO)CC1)c1ccc(Cl)cc1. The van der Waals surface area contributed by atoms with Gasteiger partial charge in [-0.25, -0.2) is 0 Å². The average Bonchev–Trinajstić information content (AvgIpc) is 3.62. The van der Waals surface area contributed by atoms with E-state index in [4.69, 9.17) is 27.9 Å². The van der Waals surface area contributed by atoms with Gasteiger partial charge in [0.1, 0.15) is 0 Å². The Morgan fingerprint density at radius 3 is 2.22 bits per heavy atom. The molecule has 0 radical (unpaired) electrons. The lowest BCUT2D eigenvalue weighted by molar-refractivity contribution is -0.150. The third-order valence-electron chi connectivity index (χ3n) is 7.18. The number of carbonyl (C=O) groups excluding carboxylic acids is 1. The monoisotopic (exact) mass is 603 g/mol. The lowest BCUT2D eigenvalue weighted by atomic mass is 9.91. The third-order valence-corrected chi connectivity index (χ3v) is 8.18. The molecular weight excluding hydrogens is 581 g/mol. The minimum atomic E-state index is -1.46. The van der Waals surface area contributed by atoms with Crippen molar-refractivity contribution in [1.29, 1.82) is 0 Å². The van der Waals surface area contributed by atoms with Crippen LogP contribution in [0.5, 0.6) is 0 Å². The fraction of sp³-hybridized carbons (Fsp3) is 0.286. The highest BCUT2D eigenvalue weighted by atomic mass is 79.9. The normalized spacial score (nSPS) is 20.5. The van der Waals surface area contributed by atoms with Gasteiger partial charge in [-0.15, -0.1) is 0 Å². The highest BCUT2D eigenvalue weighted by Gasteiger charge is 2.57. The minimum Gasteiger partial charge on any atom is -0.481 e. The predicted octanol–water partition coefficient (Wildman–Crippen LogP) is 6.42. The van der Waals surface area contributed by atoms with Crippen LogP contribution in [0.4, 0.5) is 0 Å². The molecule has 3 aromatic rings. The van der Waals surface area contributed by atoms with Crippen LogP contribution in [-0.4, -0.2) is 40.2 Å². The van der Waals surface area contributed by atoms with E-state index in [1.807, 2.05) is 12.1 Å². The summed E-state index contributed by atoms with van der Waals surface area (Å²) in [7, 11) is 0. The Labute approximate surface area is 232 Å². The number of ether oxygens (including phenoxy) is 1. The van der Waals surface area contributed by atoms with E-state index in [0.717, 1.165) is 12.8 Å². The van der Waals surface area contributed by atoms with Crippen molar-refractivity contribution < 1.29 is 24.5 Å². The van der Waals surface area contributed by atoms with Gasteiger partial charge >= 0.3 is 5.97 Å². The van der Waals surface area contributed by atoms with Crippen LogP contribution < -0.4 is 0 Å². The smallest absolute Gasteiger partial charge is 0.305 e. The summed E-state index contributed by atoms with van der Waals surface area (Å²) in [5, 5.41) is 21.0. The van der Waals surface area contributed by atoms with Crippen LogP contribution in [0.15, 0.2) is 71.2 Å². The molecule has 0 saturated heterocycles. The van der Waals surface area contributed by atoms with E-state index in [1.165, 1.54) is 4.90 Å². The van der Waals surface area contributed by atoms with Crippen molar-refractivity contribution in [2.24, 2.45) is 5.41 Å². The Kier molecular flexibility index (Phi) is 7.11. The quantitative estimate of drug-likeness (QED) is 0.294. The van der Waals surface area contributed by atoms with E-state index < -0.39 is 23.2 Å². The van der Waals surface area contributed by atoms with E-state index in [2.05, 4.69) is 15.9 Å². The zero-order valence-corrected chi connectivity index (χ0v) is 22.8. The molecule has 1 heterocycles. The van der Waals surface area contributed by atoms with Crippen LogP contribution >= 0.6 is 39.1 Å². The number of benzene rings is 3. The number of carbonyl (C=O) groups is 2. The highest BCUT2D eigenvalue weighted by molar-refractivity contribution is 9.10. The average molecular weight is 605 g/mol. The molecule has 5 rings (SSSR count). The van der Waals surface area contributed by atoms with Gasteiger partial charge in [0.2, 0.25) is 0 Å². The van der Waals surface area contributed by atoms with Gasteiger partial charge in [-0.3, -0.25) is 14.5 Å². The second-order valence-corrected chi connectivity index (χ2v) is 11.4. The van der Waals surface area contributed by atoms with Gasteiger partial charge in [-0.05, 0) is 54.8 Å². The first-order valence-electron chi connectivity index (χ1n) is 11.8. The third kappa shape index (κ3) is 4.79. The number of fused-ring (bicyclic) bond motifs is 1. The molecule has 3 aromatic carbocycles. The van der Waals surface area contributed by atoms with E-state index in [1.54, 1.807) is 54.6 Å². The topological polar surface area (TPSA) is 87.1 Å². The lowest BCUT2D eigenvalue weighted by Gasteiger charge is -2.44. The summed E-state index contributed by atoms with van der Waals surface area (Å²) < 4.78 is 7.47. The molecule has 0 spiro atoms. The van der Waals surface area contributed by atoms with Gasteiger partial charge in [0.05, 0.1) is 25.7 Å². The van der Waals surface area contributed by atoms with E-state index in [0.29, 0.717) is 36.8 Å². The lowest BCUT2D eigenvalue weighted by Crippen LogP contribution is -2.50. The Morgan fingerprint density at radius 2 is 1.65 bits per heavy atom. The number of carboxylic acid groups (broad SMARTS) is 1. The number of aliphatic hydroxyl groups is 1.